The molecule has 5 heteroatoms. The van der Waals surface area contributed by atoms with Crippen LogP contribution < -0.4 is 5.73 Å². The Morgan fingerprint density at radius 3 is 2.70 bits per heavy atom. The van der Waals surface area contributed by atoms with E-state index in [4.69, 9.17) is 10.7 Å². The zero-order chi connectivity index (χ0) is 14.1. The summed E-state index contributed by atoms with van der Waals surface area (Å²) < 4.78 is 2.15. The number of rotatable bonds is 3. The summed E-state index contributed by atoms with van der Waals surface area (Å²) in [4.78, 5) is 18.2. The van der Waals surface area contributed by atoms with E-state index in [0.717, 1.165) is 49.3 Å². The summed E-state index contributed by atoms with van der Waals surface area (Å²) in [5.41, 5.74) is 7.57. The van der Waals surface area contributed by atoms with Crippen molar-refractivity contribution in [2.75, 3.05) is 13.1 Å². The first-order valence-corrected chi connectivity index (χ1v) is 7.07. The van der Waals surface area contributed by atoms with Gasteiger partial charge in [-0.1, -0.05) is 12.1 Å². The minimum Gasteiger partial charge on any atom is -0.369 e. The van der Waals surface area contributed by atoms with Crippen molar-refractivity contribution in [1.29, 1.82) is 0 Å². The van der Waals surface area contributed by atoms with Gasteiger partial charge in [0.1, 0.15) is 5.82 Å². The summed E-state index contributed by atoms with van der Waals surface area (Å²) >= 11 is 0. The molecule has 0 radical (unpaired) electrons. The van der Waals surface area contributed by atoms with Crippen LogP contribution in [-0.2, 0) is 18.4 Å². The fourth-order valence-electron chi connectivity index (χ4n) is 2.91. The number of carbonyl (C=O) groups is 1. The van der Waals surface area contributed by atoms with Crippen molar-refractivity contribution in [3.8, 4) is 0 Å². The molecular weight excluding hydrogens is 252 g/mol. The SMILES string of the molecule is Cn1c(CN2CCC(C(N)=O)CC2)nc2ccccc21. The molecule has 20 heavy (non-hydrogen) atoms. The Morgan fingerprint density at radius 1 is 1.35 bits per heavy atom. The van der Waals surface area contributed by atoms with Crippen molar-refractivity contribution in [2.45, 2.75) is 19.4 Å². The van der Waals surface area contributed by atoms with Crippen molar-refractivity contribution >= 4 is 16.9 Å². The van der Waals surface area contributed by atoms with Crippen LogP contribution in [0.3, 0.4) is 0 Å². The number of carbonyl (C=O) groups excluding carboxylic acids is 1. The first kappa shape index (κ1) is 13.1. The summed E-state index contributed by atoms with van der Waals surface area (Å²) in [6.07, 6.45) is 1.72. The normalized spacial score (nSPS) is 17.6. The van der Waals surface area contributed by atoms with E-state index in [1.807, 2.05) is 18.2 Å². The second-order valence-electron chi connectivity index (χ2n) is 5.53. The summed E-state index contributed by atoms with van der Waals surface area (Å²) in [5, 5.41) is 0. The molecule has 2 heterocycles. The highest BCUT2D eigenvalue weighted by Gasteiger charge is 2.23. The van der Waals surface area contributed by atoms with Crippen molar-refractivity contribution in [3.05, 3.63) is 30.1 Å². The molecule has 1 aromatic heterocycles. The standard InChI is InChI=1S/C15H20N4O/c1-18-13-5-3-2-4-12(13)17-14(18)10-19-8-6-11(7-9-19)15(16)20/h2-5,11H,6-10H2,1H3,(H2,16,20). The number of hydrogen-bond donors (Lipinski definition) is 1. The Kier molecular flexibility index (Phi) is 3.44. The number of nitrogens with two attached hydrogens (primary N) is 1. The van der Waals surface area contributed by atoms with Crippen LogP contribution in [0.25, 0.3) is 11.0 Å². The van der Waals surface area contributed by atoms with Gasteiger partial charge in [0.25, 0.3) is 0 Å². The number of benzene rings is 1. The van der Waals surface area contributed by atoms with Crippen LogP contribution in [0.2, 0.25) is 0 Å². The minimum atomic E-state index is -0.160. The lowest BCUT2D eigenvalue weighted by Gasteiger charge is -2.30. The third kappa shape index (κ3) is 2.41. The lowest BCUT2D eigenvalue weighted by molar-refractivity contribution is -0.123. The maximum atomic E-state index is 11.2. The molecule has 5 nitrogen and oxygen atoms in total. The molecule has 1 fully saturated rings. The summed E-state index contributed by atoms with van der Waals surface area (Å²) in [6.45, 7) is 2.66. The molecule has 0 aliphatic carbocycles. The van der Waals surface area contributed by atoms with Crippen LogP contribution in [0.15, 0.2) is 24.3 Å². The number of likely N-dealkylation sites (tertiary alicyclic amines) is 1. The second kappa shape index (κ2) is 5.25. The van der Waals surface area contributed by atoms with E-state index in [1.54, 1.807) is 0 Å². The maximum absolute atomic E-state index is 11.2. The number of para-hydroxylation sites is 2. The molecule has 0 bridgehead atoms. The topological polar surface area (TPSA) is 64.2 Å². The number of hydrogen-bond acceptors (Lipinski definition) is 3. The van der Waals surface area contributed by atoms with Crippen molar-refractivity contribution < 1.29 is 4.79 Å². The third-order valence-electron chi connectivity index (χ3n) is 4.23. The van der Waals surface area contributed by atoms with Crippen molar-refractivity contribution in [3.63, 3.8) is 0 Å². The molecule has 1 saturated heterocycles. The average molecular weight is 272 g/mol. The van der Waals surface area contributed by atoms with Crippen LogP contribution in [0.1, 0.15) is 18.7 Å². The predicted molar refractivity (Wildman–Crippen MR) is 77.9 cm³/mol. The maximum Gasteiger partial charge on any atom is 0.220 e. The zero-order valence-corrected chi connectivity index (χ0v) is 11.7. The van der Waals surface area contributed by atoms with E-state index in [1.165, 1.54) is 0 Å². The molecule has 0 atom stereocenters. The summed E-state index contributed by atoms with van der Waals surface area (Å²) in [7, 11) is 2.06. The van der Waals surface area contributed by atoms with E-state index in [-0.39, 0.29) is 11.8 Å². The highest BCUT2D eigenvalue weighted by atomic mass is 16.1. The van der Waals surface area contributed by atoms with E-state index < -0.39 is 0 Å². The third-order valence-corrected chi connectivity index (χ3v) is 4.23. The molecule has 2 aromatic rings. The second-order valence-corrected chi connectivity index (χ2v) is 5.53. The molecule has 3 rings (SSSR count). The number of amides is 1. The Morgan fingerprint density at radius 2 is 2.05 bits per heavy atom. The van der Waals surface area contributed by atoms with Gasteiger partial charge in [0, 0.05) is 13.0 Å². The molecular formula is C15H20N4O. The molecule has 1 aliphatic heterocycles. The lowest BCUT2D eigenvalue weighted by Crippen LogP contribution is -2.38. The van der Waals surface area contributed by atoms with Gasteiger partial charge in [0.2, 0.25) is 5.91 Å². The average Bonchev–Trinajstić information content (AvgIpc) is 2.77. The monoisotopic (exact) mass is 272 g/mol. The number of aryl methyl sites for hydroxylation is 1. The van der Waals surface area contributed by atoms with Crippen LogP contribution in [0.4, 0.5) is 0 Å². The lowest BCUT2D eigenvalue weighted by atomic mass is 9.96. The fraction of sp³-hybridized carbons (Fsp3) is 0.467. The number of piperidine rings is 1. The van der Waals surface area contributed by atoms with E-state index >= 15 is 0 Å². The minimum absolute atomic E-state index is 0.0479. The number of nitrogens with zero attached hydrogens (tertiary/aromatic N) is 3. The number of aromatic nitrogens is 2. The number of fused-ring (bicyclic) bond motifs is 1. The van der Waals surface area contributed by atoms with Gasteiger partial charge in [-0.25, -0.2) is 4.98 Å². The number of imidazole rings is 1. The molecule has 106 valence electrons. The smallest absolute Gasteiger partial charge is 0.220 e. The van der Waals surface area contributed by atoms with Crippen LogP contribution >= 0.6 is 0 Å². The first-order chi connectivity index (χ1) is 9.65. The van der Waals surface area contributed by atoms with E-state index in [2.05, 4.69) is 22.6 Å². The van der Waals surface area contributed by atoms with Gasteiger partial charge in [0.15, 0.2) is 0 Å². The molecule has 2 N–H and O–H groups in total. The Labute approximate surface area is 118 Å². The zero-order valence-electron chi connectivity index (χ0n) is 11.7. The van der Waals surface area contributed by atoms with Gasteiger partial charge >= 0.3 is 0 Å². The van der Waals surface area contributed by atoms with E-state index in [9.17, 15) is 4.79 Å². The van der Waals surface area contributed by atoms with Gasteiger partial charge in [-0.15, -0.1) is 0 Å². The van der Waals surface area contributed by atoms with Gasteiger partial charge in [-0.3, -0.25) is 9.69 Å². The molecule has 0 saturated carbocycles. The van der Waals surface area contributed by atoms with Crippen LogP contribution in [-0.4, -0.2) is 33.4 Å². The first-order valence-electron chi connectivity index (χ1n) is 7.07. The Bertz CT molecular complexity index is 626. The summed E-state index contributed by atoms with van der Waals surface area (Å²) in [6, 6.07) is 8.17. The molecule has 0 spiro atoms. The predicted octanol–water partition coefficient (Wildman–Crippen LogP) is 1.27. The Hall–Kier alpha value is -1.88. The fourth-order valence-corrected chi connectivity index (χ4v) is 2.91. The van der Waals surface area contributed by atoms with Gasteiger partial charge in [0.05, 0.1) is 17.6 Å². The van der Waals surface area contributed by atoms with Gasteiger partial charge in [-0.2, -0.15) is 0 Å². The Balaban J connectivity index is 1.71. The van der Waals surface area contributed by atoms with Crippen molar-refractivity contribution in [2.24, 2.45) is 18.7 Å². The van der Waals surface area contributed by atoms with Crippen LogP contribution in [0, 0.1) is 5.92 Å². The summed E-state index contributed by atoms with van der Waals surface area (Å²) in [5.74, 6) is 0.961. The van der Waals surface area contributed by atoms with Gasteiger partial charge in [-0.05, 0) is 38.1 Å². The highest BCUT2D eigenvalue weighted by Crippen LogP contribution is 2.20. The quantitative estimate of drug-likeness (QED) is 0.915. The van der Waals surface area contributed by atoms with Crippen LogP contribution in [0.5, 0.6) is 0 Å². The molecule has 1 aliphatic rings. The highest BCUT2D eigenvalue weighted by molar-refractivity contribution is 5.77. The van der Waals surface area contributed by atoms with Crippen molar-refractivity contribution in [1.82, 2.24) is 14.5 Å². The number of primary amides is 1. The molecule has 1 aromatic carbocycles. The largest absolute Gasteiger partial charge is 0.369 e. The molecule has 0 unspecified atom stereocenters. The van der Waals surface area contributed by atoms with E-state index in [0.29, 0.717) is 0 Å². The molecule has 1 amide bonds. The van der Waals surface area contributed by atoms with Gasteiger partial charge < -0.3 is 10.3 Å².